The number of nitrogens with one attached hydrogen (secondary N) is 2. The van der Waals surface area contributed by atoms with Gasteiger partial charge in [0.05, 0.1) is 6.10 Å². The molecule has 1 fully saturated rings. The summed E-state index contributed by atoms with van der Waals surface area (Å²) in [5, 5.41) is 5.26. The maximum Gasteiger partial charge on any atom is 0.246 e. The summed E-state index contributed by atoms with van der Waals surface area (Å²) in [4.78, 5) is 21.1. The zero-order valence-corrected chi connectivity index (χ0v) is 6.92. The summed E-state index contributed by atoms with van der Waals surface area (Å²) < 4.78 is 5.11. The van der Waals surface area contributed by atoms with Crippen LogP contribution in [0.3, 0.4) is 0 Å². The molecule has 1 aliphatic rings. The predicted octanol–water partition coefficient (Wildman–Crippen LogP) is -1.36. The van der Waals surface area contributed by atoms with Gasteiger partial charge in [0.25, 0.3) is 0 Å². The van der Waals surface area contributed by atoms with Gasteiger partial charge in [0.15, 0.2) is 0 Å². The topological polar surface area (TPSA) is 67.4 Å². The molecule has 0 saturated carbocycles. The molecule has 0 spiro atoms. The van der Waals surface area contributed by atoms with E-state index in [4.69, 9.17) is 4.74 Å². The lowest BCUT2D eigenvalue weighted by atomic mass is 10.3. The Morgan fingerprint density at radius 3 is 3.08 bits per heavy atom. The van der Waals surface area contributed by atoms with Gasteiger partial charge < -0.3 is 15.4 Å². The van der Waals surface area contributed by atoms with E-state index in [0.717, 1.165) is 0 Å². The molecule has 1 unspecified atom stereocenters. The first-order chi connectivity index (χ1) is 5.68. The number of hydrogen-bond donors (Lipinski definition) is 2. The van der Waals surface area contributed by atoms with Crippen molar-refractivity contribution in [1.82, 2.24) is 10.6 Å². The summed E-state index contributed by atoms with van der Waals surface area (Å²) in [5.74, 6) is -0.190. The summed E-state index contributed by atoms with van der Waals surface area (Å²) in [5.41, 5.74) is 0. The van der Waals surface area contributed by atoms with Gasteiger partial charge in [-0.1, -0.05) is 0 Å². The summed E-state index contributed by atoms with van der Waals surface area (Å²) in [6.45, 7) is 2.46. The van der Waals surface area contributed by atoms with E-state index >= 15 is 0 Å². The summed E-state index contributed by atoms with van der Waals surface area (Å²) >= 11 is 0. The normalized spacial score (nSPS) is 23.1. The van der Waals surface area contributed by atoms with Crippen molar-refractivity contribution in [2.24, 2.45) is 0 Å². The smallest absolute Gasteiger partial charge is 0.246 e. The van der Waals surface area contributed by atoms with E-state index in [-0.39, 0.29) is 24.5 Å². The van der Waals surface area contributed by atoms with Crippen molar-refractivity contribution in [2.45, 2.75) is 13.0 Å². The molecular formula is C7H12N2O3. The Morgan fingerprint density at radius 1 is 1.83 bits per heavy atom. The molecule has 12 heavy (non-hydrogen) atoms. The minimum Gasteiger partial charge on any atom is -0.365 e. The molecule has 0 aromatic heterocycles. The molecule has 1 saturated heterocycles. The van der Waals surface area contributed by atoms with Gasteiger partial charge >= 0.3 is 0 Å². The van der Waals surface area contributed by atoms with Crippen LogP contribution in [0.15, 0.2) is 0 Å². The summed E-state index contributed by atoms with van der Waals surface area (Å²) in [6.07, 6.45) is -0.0911. The third-order valence-electron chi connectivity index (χ3n) is 1.56. The van der Waals surface area contributed by atoms with Gasteiger partial charge in [-0.25, -0.2) is 0 Å². The fraction of sp³-hybridized carbons (Fsp3) is 0.714. The van der Waals surface area contributed by atoms with Crippen LogP contribution in [0.5, 0.6) is 0 Å². The van der Waals surface area contributed by atoms with Crippen LogP contribution in [0, 0.1) is 0 Å². The minimum atomic E-state index is -0.103. The second kappa shape index (κ2) is 4.06. The zero-order chi connectivity index (χ0) is 8.97. The van der Waals surface area contributed by atoms with Gasteiger partial charge in [-0.3, -0.25) is 9.59 Å². The number of amides is 2. The highest BCUT2D eigenvalue weighted by molar-refractivity contribution is 5.77. The van der Waals surface area contributed by atoms with Crippen molar-refractivity contribution in [3.8, 4) is 0 Å². The average Bonchev–Trinajstić information content (AvgIpc) is 2.03. The fourth-order valence-corrected chi connectivity index (χ4v) is 0.920. The van der Waals surface area contributed by atoms with E-state index in [0.29, 0.717) is 13.1 Å². The van der Waals surface area contributed by atoms with Gasteiger partial charge in [-0.05, 0) is 0 Å². The van der Waals surface area contributed by atoms with Crippen LogP contribution in [-0.2, 0) is 14.3 Å². The zero-order valence-electron chi connectivity index (χ0n) is 6.92. The van der Waals surface area contributed by atoms with Crippen LogP contribution in [0.25, 0.3) is 0 Å². The molecule has 0 aliphatic carbocycles. The number of carbonyl (C=O) groups excluding carboxylic acids is 2. The van der Waals surface area contributed by atoms with Crippen LogP contribution >= 0.6 is 0 Å². The molecule has 1 heterocycles. The molecular weight excluding hydrogens is 160 g/mol. The SMILES string of the molecule is CC(=O)NCC1CNC(=O)CO1. The largest absolute Gasteiger partial charge is 0.365 e. The molecule has 1 rings (SSSR count). The van der Waals surface area contributed by atoms with Gasteiger partial charge in [0, 0.05) is 20.0 Å². The van der Waals surface area contributed by atoms with Crippen LogP contribution < -0.4 is 10.6 Å². The third-order valence-corrected chi connectivity index (χ3v) is 1.56. The maximum absolute atomic E-state index is 10.6. The highest BCUT2D eigenvalue weighted by atomic mass is 16.5. The lowest BCUT2D eigenvalue weighted by molar-refractivity contribution is -0.133. The van der Waals surface area contributed by atoms with Gasteiger partial charge in [0.2, 0.25) is 11.8 Å². The molecule has 0 aromatic carbocycles. The molecule has 0 aromatic rings. The Bertz CT molecular complexity index is 183. The lowest BCUT2D eigenvalue weighted by Gasteiger charge is -2.22. The Balaban J connectivity index is 2.17. The molecule has 0 bridgehead atoms. The van der Waals surface area contributed by atoms with Crippen LogP contribution in [-0.4, -0.2) is 37.6 Å². The first kappa shape index (κ1) is 8.99. The van der Waals surface area contributed by atoms with Gasteiger partial charge in [-0.2, -0.15) is 0 Å². The Hall–Kier alpha value is -1.10. The van der Waals surface area contributed by atoms with E-state index in [1.807, 2.05) is 0 Å². The van der Waals surface area contributed by atoms with Crippen LogP contribution in [0.1, 0.15) is 6.92 Å². The molecule has 2 amide bonds. The number of ether oxygens (including phenoxy) is 1. The molecule has 1 aliphatic heterocycles. The molecule has 1 atom stereocenters. The van der Waals surface area contributed by atoms with Crippen molar-refractivity contribution >= 4 is 11.8 Å². The quantitative estimate of drug-likeness (QED) is 0.540. The molecule has 5 heteroatoms. The summed E-state index contributed by atoms with van der Waals surface area (Å²) in [6, 6.07) is 0. The Labute approximate surface area is 70.5 Å². The third kappa shape index (κ3) is 2.87. The predicted molar refractivity (Wildman–Crippen MR) is 41.4 cm³/mol. The number of morpholine rings is 1. The van der Waals surface area contributed by atoms with Gasteiger partial charge in [-0.15, -0.1) is 0 Å². The van der Waals surface area contributed by atoms with E-state index in [1.165, 1.54) is 6.92 Å². The van der Waals surface area contributed by atoms with E-state index in [1.54, 1.807) is 0 Å². The maximum atomic E-state index is 10.6. The van der Waals surface area contributed by atoms with Crippen molar-refractivity contribution in [3.63, 3.8) is 0 Å². The number of hydrogen-bond acceptors (Lipinski definition) is 3. The fourth-order valence-electron chi connectivity index (χ4n) is 0.920. The molecule has 2 N–H and O–H groups in total. The van der Waals surface area contributed by atoms with Crippen molar-refractivity contribution in [2.75, 3.05) is 19.7 Å². The van der Waals surface area contributed by atoms with Crippen LogP contribution in [0.2, 0.25) is 0 Å². The van der Waals surface area contributed by atoms with Crippen molar-refractivity contribution in [1.29, 1.82) is 0 Å². The van der Waals surface area contributed by atoms with Crippen molar-refractivity contribution in [3.05, 3.63) is 0 Å². The van der Waals surface area contributed by atoms with Crippen LogP contribution in [0.4, 0.5) is 0 Å². The second-order valence-electron chi connectivity index (χ2n) is 2.67. The van der Waals surface area contributed by atoms with E-state index in [2.05, 4.69) is 10.6 Å². The Morgan fingerprint density at radius 2 is 2.58 bits per heavy atom. The molecule has 68 valence electrons. The van der Waals surface area contributed by atoms with E-state index < -0.39 is 0 Å². The van der Waals surface area contributed by atoms with Gasteiger partial charge in [0.1, 0.15) is 6.61 Å². The Kier molecular flexibility index (Phi) is 3.04. The average molecular weight is 172 g/mol. The second-order valence-corrected chi connectivity index (χ2v) is 2.67. The highest BCUT2D eigenvalue weighted by Crippen LogP contribution is 1.94. The lowest BCUT2D eigenvalue weighted by Crippen LogP contribution is -2.47. The van der Waals surface area contributed by atoms with E-state index in [9.17, 15) is 9.59 Å². The highest BCUT2D eigenvalue weighted by Gasteiger charge is 2.17. The first-order valence-corrected chi connectivity index (χ1v) is 3.81. The first-order valence-electron chi connectivity index (χ1n) is 3.81. The molecule has 5 nitrogen and oxygen atoms in total. The monoisotopic (exact) mass is 172 g/mol. The number of carbonyl (C=O) groups is 2. The number of rotatable bonds is 2. The standard InChI is InChI=1S/C7H12N2O3/c1-5(10)8-2-6-3-9-7(11)4-12-6/h6H,2-4H2,1H3,(H,8,10)(H,9,11). The molecule has 0 radical (unpaired) electrons. The summed E-state index contributed by atoms with van der Waals surface area (Å²) in [7, 11) is 0. The minimum absolute atomic E-state index is 0.0875. The van der Waals surface area contributed by atoms with Crippen molar-refractivity contribution < 1.29 is 14.3 Å².